The van der Waals surface area contributed by atoms with Gasteiger partial charge < -0.3 is 4.74 Å². The average molecular weight is 287 g/mol. The van der Waals surface area contributed by atoms with Gasteiger partial charge in [0.05, 0.1) is 5.56 Å². The van der Waals surface area contributed by atoms with Crippen LogP contribution in [0.15, 0.2) is 36.5 Å². The second kappa shape index (κ2) is 6.40. The average Bonchev–Trinajstić information content (AvgIpc) is 2.49. The van der Waals surface area contributed by atoms with Gasteiger partial charge in [-0.1, -0.05) is 37.6 Å². The van der Waals surface area contributed by atoms with Gasteiger partial charge in [0.1, 0.15) is 16.8 Å². The maximum Gasteiger partial charge on any atom is 0.239 e. The van der Waals surface area contributed by atoms with E-state index in [0.717, 1.165) is 6.42 Å². The number of hydrogen-bond acceptors (Lipinski definition) is 3. The van der Waals surface area contributed by atoms with Crippen molar-refractivity contribution in [1.29, 1.82) is 5.26 Å². The summed E-state index contributed by atoms with van der Waals surface area (Å²) in [6.45, 7) is 4.34. The van der Waals surface area contributed by atoms with Crippen molar-refractivity contribution in [2.45, 2.75) is 26.2 Å². The van der Waals surface area contributed by atoms with Crippen LogP contribution < -0.4 is 4.74 Å². The molecule has 0 N–H and O–H groups in total. The van der Waals surface area contributed by atoms with Crippen LogP contribution in [-0.2, 0) is 0 Å². The Bertz CT molecular complexity index is 632. The van der Waals surface area contributed by atoms with E-state index >= 15 is 0 Å². The molecule has 0 radical (unpaired) electrons. The minimum atomic E-state index is 0.237. The first kappa shape index (κ1) is 14.4. The van der Waals surface area contributed by atoms with E-state index in [0.29, 0.717) is 17.2 Å². The lowest BCUT2D eigenvalue weighted by Gasteiger charge is -2.11. The van der Waals surface area contributed by atoms with Crippen LogP contribution in [0.2, 0.25) is 5.02 Å². The monoisotopic (exact) mass is 286 g/mol. The lowest BCUT2D eigenvalue weighted by Crippen LogP contribution is -1.93. The minimum absolute atomic E-state index is 0.237. The van der Waals surface area contributed by atoms with Gasteiger partial charge in [0, 0.05) is 6.20 Å². The number of halogens is 1. The molecule has 0 aliphatic heterocycles. The number of benzene rings is 1. The summed E-state index contributed by atoms with van der Waals surface area (Å²) in [6.07, 6.45) is 2.60. The second-order valence-electron chi connectivity index (χ2n) is 4.57. The van der Waals surface area contributed by atoms with Gasteiger partial charge in [-0.15, -0.1) is 0 Å². The third kappa shape index (κ3) is 3.09. The fourth-order valence-electron chi connectivity index (χ4n) is 1.79. The molecule has 0 spiro atoms. The van der Waals surface area contributed by atoms with Crippen molar-refractivity contribution < 1.29 is 4.74 Å². The second-order valence-corrected chi connectivity index (χ2v) is 4.95. The fraction of sp³-hybridized carbons (Fsp3) is 0.250. The van der Waals surface area contributed by atoms with E-state index in [1.165, 1.54) is 11.8 Å². The Labute approximate surface area is 123 Å². The van der Waals surface area contributed by atoms with Gasteiger partial charge in [0.2, 0.25) is 5.88 Å². The van der Waals surface area contributed by atoms with Crippen molar-refractivity contribution >= 4 is 11.6 Å². The topological polar surface area (TPSA) is 45.9 Å². The van der Waals surface area contributed by atoms with Crippen LogP contribution in [0.4, 0.5) is 0 Å². The Morgan fingerprint density at radius 2 is 2.00 bits per heavy atom. The van der Waals surface area contributed by atoms with Crippen molar-refractivity contribution in [1.82, 2.24) is 4.98 Å². The zero-order chi connectivity index (χ0) is 14.5. The summed E-state index contributed by atoms with van der Waals surface area (Å²) >= 11 is 6.05. The van der Waals surface area contributed by atoms with Crippen molar-refractivity contribution in [3.63, 3.8) is 0 Å². The molecule has 0 amide bonds. The molecule has 0 saturated heterocycles. The predicted molar refractivity (Wildman–Crippen MR) is 79.2 cm³/mol. The van der Waals surface area contributed by atoms with Crippen LogP contribution >= 0.6 is 11.6 Å². The van der Waals surface area contributed by atoms with Crippen molar-refractivity contribution in [2.24, 2.45) is 0 Å². The van der Waals surface area contributed by atoms with Gasteiger partial charge in [-0.3, -0.25) is 0 Å². The summed E-state index contributed by atoms with van der Waals surface area (Å²) in [7, 11) is 0. The Balaban J connectivity index is 2.21. The normalized spacial score (nSPS) is 11.7. The first-order valence-electron chi connectivity index (χ1n) is 6.48. The number of pyridine rings is 1. The molecule has 1 aromatic carbocycles. The summed E-state index contributed by atoms with van der Waals surface area (Å²) in [5.74, 6) is 1.43. The highest BCUT2D eigenvalue weighted by atomic mass is 35.5. The van der Waals surface area contributed by atoms with Gasteiger partial charge >= 0.3 is 0 Å². The van der Waals surface area contributed by atoms with E-state index in [4.69, 9.17) is 21.6 Å². The van der Waals surface area contributed by atoms with Gasteiger partial charge in [0.15, 0.2) is 0 Å². The number of ether oxygens (including phenoxy) is 1. The number of aromatic nitrogens is 1. The van der Waals surface area contributed by atoms with Crippen LogP contribution in [0.5, 0.6) is 11.6 Å². The van der Waals surface area contributed by atoms with Crippen LogP contribution in [0, 0.1) is 11.3 Å². The summed E-state index contributed by atoms with van der Waals surface area (Å²) < 4.78 is 5.63. The molecule has 0 bridgehead atoms. The molecule has 3 nitrogen and oxygen atoms in total. The van der Waals surface area contributed by atoms with Crippen LogP contribution in [0.1, 0.15) is 37.3 Å². The van der Waals surface area contributed by atoms with E-state index < -0.39 is 0 Å². The number of hydrogen-bond donors (Lipinski definition) is 0. The highest BCUT2D eigenvalue weighted by Gasteiger charge is 2.10. The van der Waals surface area contributed by atoms with Gasteiger partial charge in [0.25, 0.3) is 0 Å². The van der Waals surface area contributed by atoms with Crippen molar-refractivity contribution in [2.75, 3.05) is 0 Å². The summed E-state index contributed by atoms with van der Waals surface area (Å²) in [6, 6.07) is 11.4. The van der Waals surface area contributed by atoms with Crippen LogP contribution in [-0.4, -0.2) is 4.98 Å². The van der Waals surface area contributed by atoms with Crippen molar-refractivity contribution in [3.05, 3.63) is 52.7 Å². The molecule has 0 aliphatic rings. The van der Waals surface area contributed by atoms with E-state index in [1.807, 2.05) is 30.3 Å². The number of rotatable bonds is 4. The molecule has 1 unspecified atom stereocenters. The largest absolute Gasteiger partial charge is 0.437 e. The highest BCUT2D eigenvalue weighted by Crippen LogP contribution is 2.30. The molecular weight excluding hydrogens is 272 g/mol. The quantitative estimate of drug-likeness (QED) is 0.802. The summed E-state index contributed by atoms with van der Waals surface area (Å²) in [4.78, 5) is 4.05. The molecule has 20 heavy (non-hydrogen) atoms. The molecule has 102 valence electrons. The van der Waals surface area contributed by atoms with Crippen LogP contribution in [0.25, 0.3) is 0 Å². The van der Waals surface area contributed by atoms with E-state index in [2.05, 4.69) is 18.8 Å². The molecule has 2 rings (SSSR count). The molecule has 4 heteroatoms. The standard InChI is InChI=1S/C16H15ClN2O/c1-3-11(2)12-4-6-14(7-5-12)20-16-15(17)13(10-18)8-9-19-16/h4-9,11H,3H2,1-2H3. The minimum Gasteiger partial charge on any atom is -0.437 e. The lowest BCUT2D eigenvalue weighted by molar-refractivity contribution is 0.462. The Kier molecular flexibility index (Phi) is 4.60. The van der Waals surface area contributed by atoms with Crippen molar-refractivity contribution in [3.8, 4) is 17.7 Å². The Morgan fingerprint density at radius 1 is 1.30 bits per heavy atom. The van der Waals surface area contributed by atoms with E-state index in [9.17, 15) is 0 Å². The molecule has 1 aromatic heterocycles. The first-order chi connectivity index (χ1) is 9.65. The van der Waals surface area contributed by atoms with Gasteiger partial charge in [-0.2, -0.15) is 5.26 Å². The third-order valence-corrected chi connectivity index (χ3v) is 3.62. The SMILES string of the molecule is CCC(C)c1ccc(Oc2nccc(C#N)c2Cl)cc1. The fourth-order valence-corrected chi connectivity index (χ4v) is 1.99. The molecular formula is C16H15ClN2O. The predicted octanol–water partition coefficient (Wildman–Crippen LogP) is 4.91. The molecule has 0 saturated carbocycles. The molecule has 1 atom stereocenters. The number of nitrogens with zero attached hydrogens (tertiary/aromatic N) is 2. The summed E-state index contributed by atoms with van der Waals surface area (Å²) in [5, 5.41) is 9.15. The zero-order valence-corrected chi connectivity index (χ0v) is 12.2. The number of nitriles is 1. The molecule has 0 aliphatic carbocycles. The van der Waals surface area contributed by atoms with Crippen LogP contribution in [0.3, 0.4) is 0 Å². The van der Waals surface area contributed by atoms with Gasteiger partial charge in [-0.25, -0.2) is 4.98 Å². The van der Waals surface area contributed by atoms with E-state index in [1.54, 1.807) is 6.07 Å². The first-order valence-corrected chi connectivity index (χ1v) is 6.86. The van der Waals surface area contributed by atoms with E-state index in [-0.39, 0.29) is 10.9 Å². The zero-order valence-electron chi connectivity index (χ0n) is 11.4. The third-order valence-electron chi connectivity index (χ3n) is 3.25. The smallest absolute Gasteiger partial charge is 0.239 e. The van der Waals surface area contributed by atoms with Gasteiger partial charge in [-0.05, 0) is 36.1 Å². The maximum absolute atomic E-state index is 8.92. The Hall–Kier alpha value is -2.05. The highest BCUT2D eigenvalue weighted by molar-refractivity contribution is 6.33. The lowest BCUT2D eigenvalue weighted by atomic mass is 9.99. The molecule has 0 fully saturated rings. The Morgan fingerprint density at radius 3 is 2.60 bits per heavy atom. The maximum atomic E-state index is 8.92. The molecule has 1 heterocycles. The molecule has 2 aromatic rings. The summed E-state index contributed by atoms with van der Waals surface area (Å²) in [5.41, 5.74) is 1.62.